The van der Waals surface area contributed by atoms with E-state index in [-0.39, 0.29) is 22.2 Å². The monoisotopic (exact) mass is 348 g/mol. The zero-order valence-electron chi connectivity index (χ0n) is 15.8. The predicted octanol–water partition coefficient (Wildman–Crippen LogP) is 4.04. The Labute approximate surface area is 135 Å². The van der Waals surface area contributed by atoms with Gasteiger partial charge in [-0.15, -0.1) is 0 Å². The topological polar surface area (TPSA) is 6.48 Å². The molecular formula is C17H36N2Se. The molecule has 20 heavy (non-hydrogen) atoms. The van der Waals surface area contributed by atoms with Gasteiger partial charge in [0.1, 0.15) is 0 Å². The first kappa shape index (κ1) is 20.0. The minimum absolute atomic E-state index is 0.0631. The third-order valence-corrected chi connectivity index (χ3v) is 3.83. The van der Waals surface area contributed by atoms with Gasteiger partial charge in [0.05, 0.1) is 0 Å². The summed E-state index contributed by atoms with van der Waals surface area (Å²) in [7, 11) is 0. The zero-order chi connectivity index (χ0) is 16.7. The van der Waals surface area contributed by atoms with Gasteiger partial charge in [0.2, 0.25) is 0 Å². The number of hydrogen-bond donors (Lipinski definition) is 0. The maximum atomic E-state index is 3.37. The molecule has 0 aliphatic carbocycles. The molecule has 0 aliphatic rings. The van der Waals surface area contributed by atoms with Crippen LogP contribution in [0.4, 0.5) is 0 Å². The van der Waals surface area contributed by atoms with E-state index in [4.69, 9.17) is 0 Å². The molecule has 0 fully saturated rings. The van der Waals surface area contributed by atoms with Crippen molar-refractivity contribution >= 4 is 20.2 Å². The average Bonchev–Trinajstić information content (AvgIpc) is 1.88. The van der Waals surface area contributed by atoms with E-state index < -0.39 is 0 Å². The van der Waals surface area contributed by atoms with E-state index in [9.17, 15) is 0 Å². The summed E-state index contributed by atoms with van der Waals surface area (Å²) in [6.45, 7) is 27.3. The molecule has 0 aliphatic heterocycles. The van der Waals surface area contributed by atoms with Crippen molar-refractivity contribution in [1.29, 1.82) is 0 Å². The van der Waals surface area contributed by atoms with Crippen molar-refractivity contribution in [3.8, 4) is 0 Å². The number of hydrogen-bond acceptors (Lipinski definition) is 2. The van der Waals surface area contributed by atoms with Crippen molar-refractivity contribution in [2.24, 2.45) is 0 Å². The summed E-state index contributed by atoms with van der Waals surface area (Å²) in [5.41, 5.74) is 0.252. The molecule has 0 aromatic rings. The second-order valence-electron chi connectivity index (χ2n) is 9.64. The van der Waals surface area contributed by atoms with Gasteiger partial charge in [0.25, 0.3) is 0 Å². The second kappa shape index (κ2) is 5.65. The van der Waals surface area contributed by atoms with Crippen molar-refractivity contribution in [3.05, 3.63) is 0 Å². The van der Waals surface area contributed by atoms with E-state index in [1.165, 1.54) is 4.67 Å². The van der Waals surface area contributed by atoms with Gasteiger partial charge < -0.3 is 0 Å². The van der Waals surface area contributed by atoms with Crippen LogP contribution in [0, 0.1) is 0 Å². The van der Waals surface area contributed by atoms with Crippen LogP contribution in [0.5, 0.6) is 0 Å². The first-order chi connectivity index (χ1) is 8.40. The van der Waals surface area contributed by atoms with Gasteiger partial charge in [-0.1, -0.05) is 0 Å². The van der Waals surface area contributed by atoms with Crippen LogP contribution in [0.25, 0.3) is 0 Å². The molecular weight excluding hydrogens is 311 g/mol. The molecule has 0 amide bonds. The fourth-order valence-electron chi connectivity index (χ4n) is 3.26. The molecule has 0 aromatic carbocycles. The van der Waals surface area contributed by atoms with Crippen molar-refractivity contribution < 1.29 is 0 Å². The molecule has 0 saturated heterocycles. The zero-order valence-corrected chi connectivity index (χ0v) is 17.5. The summed E-state index contributed by atoms with van der Waals surface area (Å²) in [4.78, 5) is 4.99. The number of rotatable bonds is 2. The van der Waals surface area contributed by atoms with Crippen molar-refractivity contribution in [2.75, 3.05) is 0 Å². The normalized spacial score (nSPS) is 14.2. The Morgan fingerprint density at radius 3 is 0.750 bits per heavy atom. The van der Waals surface area contributed by atoms with Crippen LogP contribution in [0.2, 0.25) is 0 Å². The molecule has 120 valence electrons. The molecule has 0 heterocycles. The Kier molecular flexibility index (Phi) is 5.64. The Bertz CT molecular complexity index is 283. The molecule has 0 unspecified atom stereocenters. The van der Waals surface area contributed by atoms with Gasteiger partial charge in [-0.05, 0) is 0 Å². The van der Waals surface area contributed by atoms with E-state index in [1.807, 2.05) is 0 Å². The van der Waals surface area contributed by atoms with Gasteiger partial charge >= 0.3 is 135 Å². The third kappa shape index (κ3) is 5.07. The quantitative estimate of drug-likeness (QED) is 0.696. The van der Waals surface area contributed by atoms with E-state index in [0.717, 1.165) is 0 Å². The van der Waals surface area contributed by atoms with Gasteiger partial charge in [0.15, 0.2) is 0 Å². The van der Waals surface area contributed by atoms with E-state index >= 15 is 0 Å². The maximum absolute atomic E-state index is 3.37. The summed E-state index contributed by atoms with van der Waals surface area (Å²) in [6, 6.07) is 0. The summed E-state index contributed by atoms with van der Waals surface area (Å²) in [5.74, 6) is 0. The standard InChI is InChI=1S/C17H36N2Se/c1-14(2,3)18(15(4,5)6)13(20)19(16(7,8)9)17(10,11)12/h1-12H3. The van der Waals surface area contributed by atoms with Gasteiger partial charge in [-0.3, -0.25) is 0 Å². The van der Waals surface area contributed by atoms with E-state index in [1.54, 1.807) is 0 Å². The van der Waals surface area contributed by atoms with Crippen LogP contribution >= 0.6 is 0 Å². The first-order valence-corrected chi connectivity index (χ1v) is 8.40. The van der Waals surface area contributed by atoms with Crippen LogP contribution in [-0.4, -0.2) is 52.2 Å². The van der Waals surface area contributed by atoms with Crippen LogP contribution in [-0.2, 0) is 0 Å². The molecule has 0 rings (SSSR count). The number of nitrogens with zero attached hydrogens (tertiary/aromatic N) is 2. The molecule has 0 N–H and O–H groups in total. The van der Waals surface area contributed by atoms with Gasteiger partial charge in [-0.2, -0.15) is 0 Å². The molecule has 0 radical (unpaired) electrons. The van der Waals surface area contributed by atoms with Crippen molar-refractivity contribution in [3.63, 3.8) is 0 Å². The minimum atomic E-state index is 0.0631. The Morgan fingerprint density at radius 2 is 0.650 bits per heavy atom. The molecule has 0 atom stereocenters. The van der Waals surface area contributed by atoms with Gasteiger partial charge in [0, 0.05) is 0 Å². The van der Waals surface area contributed by atoms with Crippen molar-refractivity contribution in [2.45, 2.75) is 105 Å². The second-order valence-corrected chi connectivity index (χ2v) is 10.4. The first-order valence-electron chi connectivity index (χ1n) is 7.55. The molecule has 3 heteroatoms. The Balaban J connectivity index is 5.89. The van der Waals surface area contributed by atoms with E-state index in [0.29, 0.717) is 0 Å². The van der Waals surface area contributed by atoms with Crippen LogP contribution in [0.3, 0.4) is 0 Å². The van der Waals surface area contributed by atoms with Crippen LogP contribution in [0.1, 0.15) is 83.1 Å². The summed E-state index contributed by atoms with van der Waals surface area (Å²) in [6.07, 6.45) is 0. The molecule has 0 spiro atoms. The summed E-state index contributed by atoms with van der Waals surface area (Å²) in [5, 5.41) is 0. The molecule has 0 saturated carbocycles. The SMILES string of the molecule is CC(C)(C)N(C(=[Se])N(C(C)(C)C)C(C)(C)C)C(C)(C)C. The van der Waals surface area contributed by atoms with Crippen LogP contribution in [0.15, 0.2) is 0 Å². The average molecular weight is 347 g/mol. The molecule has 2 nitrogen and oxygen atoms in total. The van der Waals surface area contributed by atoms with Crippen molar-refractivity contribution in [1.82, 2.24) is 9.80 Å². The van der Waals surface area contributed by atoms with Gasteiger partial charge in [-0.25, -0.2) is 0 Å². The fourth-order valence-corrected chi connectivity index (χ4v) is 5.56. The Morgan fingerprint density at radius 1 is 0.500 bits per heavy atom. The fraction of sp³-hybridized carbons (Fsp3) is 0.941. The Hall–Kier alpha value is -0.0105. The molecule has 0 bridgehead atoms. The predicted molar refractivity (Wildman–Crippen MR) is 93.5 cm³/mol. The summed E-state index contributed by atoms with van der Waals surface area (Å²) >= 11 is 3.37. The molecule has 0 aromatic heterocycles. The summed E-state index contributed by atoms with van der Waals surface area (Å²) < 4.78 is 1.23. The van der Waals surface area contributed by atoms with Crippen LogP contribution < -0.4 is 0 Å². The third-order valence-electron chi connectivity index (χ3n) is 3.07. The van der Waals surface area contributed by atoms with E-state index in [2.05, 4.69) is 108 Å².